The average Bonchev–Trinajstić information content (AvgIpc) is 2.89. The Morgan fingerprint density at radius 3 is 2.57 bits per heavy atom. The lowest BCUT2D eigenvalue weighted by Crippen LogP contribution is -2.39. The molecule has 0 radical (unpaired) electrons. The number of nitro benzene ring substituents is 1. The second-order valence-corrected chi connectivity index (χ2v) is 7.19. The van der Waals surface area contributed by atoms with Crippen LogP contribution in [0, 0.1) is 17.0 Å². The van der Waals surface area contributed by atoms with Gasteiger partial charge >= 0.3 is 0 Å². The molecule has 7 nitrogen and oxygen atoms in total. The van der Waals surface area contributed by atoms with E-state index < -0.39 is 16.9 Å². The quantitative estimate of drug-likeness (QED) is 0.528. The van der Waals surface area contributed by atoms with E-state index in [1.54, 1.807) is 0 Å². The zero-order valence-electron chi connectivity index (χ0n) is 16.2. The highest BCUT2D eigenvalue weighted by atomic mass is 16.6. The molecule has 4 rings (SSSR count). The zero-order valence-corrected chi connectivity index (χ0v) is 16.2. The molecule has 30 heavy (non-hydrogen) atoms. The average molecular weight is 401 g/mol. The van der Waals surface area contributed by atoms with Gasteiger partial charge in [0.1, 0.15) is 6.54 Å². The zero-order chi connectivity index (χ0) is 21.3. The maximum atomic E-state index is 13.5. The third-order valence-electron chi connectivity index (χ3n) is 5.08. The van der Waals surface area contributed by atoms with Crippen molar-refractivity contribution in [3.8, 4) is 0 Å². The highest BCUT2D eigenvalue weighted by Gasteiger charge is 2.34. The number of rotatable bonds is 3. The molecule has 1 N–H and O–H groups in total. The van der Waals surface area contributed by atoms with Gasteiger partial charge in [-0.25, -0.2) is 0 Å². The molecule has 1 heterocycles. The van der Waals surface area contributed by atoms with Crippen molar-refractivity contribution in [1.82, 2.24) is 4.90 Å². The summed E-state index contributed by atoms with van der Waals surface area (Å²) in [5.74, 6) is -0.769. The van der Waals surface area contributed by atoms with E-state index in [2.05, 4.69) is 5.32 Å². The molecule has 2 amide bonds. The predicted octanol–water partition coefficient (Wildman–Crippen LogP) is 4.09. The number of non-ortho nitro benzene ring substituents is 1. The van der Waals surface area contributed by atoms with Crippen LogP contribution in [0.25, 0.3) is 0 Å². The first kappa shape index (κ1) is 19.3. The molecular weight excluding hydrogens is 382 g/mol. The van der Waals surface area contributed by atoms with E-state index in [0.717, 1.165) is 16.7 Å². The summed E-state index contributed by atoms with van der Waals surface area (Å²) in [6.45, 7) is 1.77. The summed E-state index contributed by atoms with van der Waals surface area (Å²) < 4.78 is 0. The van der Waals surface area contributed by atoms with Crippen molar-refractivity contribution in [2.45, 2.75) is 13.0 Å². The number of benzene rings is 3. The molecule has 0 unspecified atom stereocenters. The van der Waals surface area contributed by atoms with E-state index >= 15 is 0 Å². The monoisotopic (exact) mass is 401 g/mol. The van der Waals surface area contributed by atoms with Crippen molar-refractivity contribution >= 4 is 23.2 Å². The lowest BCUT2D eigenvalue weighted by atomic mass is 9.94. The van der Waals surface area contributed by atoms with Gasteiger partial charge in [0, 0.05) is 28.9 Å². The number of carbonyl (C=O) groups excluding carboxylic acids is 2. The van der Waals surface area contributed by atoms with Gasteiger partial charge < -0.3 is 10.2 Å². The second kappa shape index (κ2) is 7.79. The number of amides is 2. The van der Waals surface area contributed by atoms with Crippen LogP contribution in [-0.2, 0) is 4.79 Å². The minimum Gasteiger partial charge on any atom is -0.324 e. The summed E-state index contributed by atoms with van der Waals surface area (Å²) >= 11 is 0. The molecule has 1 aliphatic rings. The molecule has 150 valence electrons. The molecule has 0 spiro atoms. The van der Waals surface area contributed by atoms with E-state index in [9.17, 15) is 19.7 Å². The van der Waals surface area contributed by atoms with Gasteiger partial charge in [-0.3, -0.25) is 19.7 Å². The predicted molar refractivity (Wildman–Crippen MR) is 112 cm³/mol. The van der Waals surface area contributed by atoms with E-state index in [0.29, 0.717) is 5.69 Å². The number of hydrogen-bond donors (Lipinski definition) is 1. The lowest BCUT2D eigenvalue weighted by Gasteiger charge is -2.30. The number of nitrogens with one attached hydrogen (secondary N) is 1. The van der Waals surface area contributed by atoms with Crippen molar-refractivity contribution in [2.75, 3.05) is 11.9 Å². The van der Waals surface area contributed by atoms with Gasteiger partial charge in [0.15, 0.2) is 0 Å². The number of fused-ring (bicyclic) bond motifs is 1. The summed E-state index contributed by atoms with van der Waals surface area (Å²) in [7, 11) is 0. The first-order valence-corrected chi connectivity index (χ1v) is 9.45. The summed E-state index contributed by atoms with van der Waals surface area (Å²) in [4.78, 5) is 38.2. The van der Waals surface area contributed by atoms with Crippen LogP contribution in [0.4, 0.5) is 11.4 Å². The van der Waals surface area contributed by atoms with E-state index in [4.69, 9.17) is 0 Å². The van der Waals surface area contributed by atoms with Crippen LogP contribution in [-0.4, -0.2) is 28.2 Å². The van der Waals surface area contributed by atoms with Gasteiger partial charge in [-0.05, 0) is 24.6 Å². The van der Waals surface area contributed by atoms with Gasteiger partial charge in [0.05, 0.1) is 11.0 Å². The Hall–Kier alpha value is -4.00. The molecule has 0 aliphatic carbocycles. The van der Waals surface area contributed by atoms with Gasteiger partial charge in [-0.2, -0.15) is 0 Å². The number of nitro groups is 1. The van der Waals surface area contributed by atoms with Crippen molar-refractivity contribution in [2.24, 2.45) is 0 Å². The normalized spacial score (nSPS) is 15.7. The molecule has 1 atom stereocenters. The Morgan fingerprint density at radius 1 is 1.07 bits per heavy atom. The first-order valence-electron chi connectivity index (χ1n) is 9.45. The molecular formula is C23H19N3O4. The smallest absolute Gasteiger partial charge is 0.270 e. The van der Waals surface area contributed by atoms with Crippen molar-refractivity contribution in [3.05, 3.63) is 105 Å². The van der Waals surface area contributed by atoms with Crippen LogP contribution < -0.4 is 5.32 Å². The molecule has 0 bridgehead atoms. The molecule has 0 saturated heterocycles. The minimum atomic E-state index is -0.542. The van der Waals surface area contributed by atoms with Gasteiger partial charge in [-0.1, -0.05) is 54.1 Å². The fourth-order valence-corrected chi connectivity index (χ4v) is 3.73. The standard InChI is InChI=1S/C23H19N3O4/c1-15-10-11-20-19(12-15)22(16-6-3-2-4-7-16)25(14-21(27)24-20)23(28)17-8-5-9-18(13-17)26(29)30/h2-13,22H,14H2,1H3,(H,24,27)/t22-/m1/s1. The molecule has 1 aliphatic heterocycles. The van der Waals surface area contributed by atoms with Crippen LogP contribution in [0.2, 0.25) is 0 Å². The van der Waals surface area contributed by atoms with Gasteiger partial charge in [0.2, 0.25) is 5.91 Å². The fraction of sp³-hybridized carbons (Fsp3) is 0.130. The van der Waals surface area contributed by atoms with Crippen LogP contribution >= 0.6 is 0 Å². The largest absolute Gasteiger partial charge is 0.324 e. The Bertz CT molecular complexity index is 1140. The molecule has 0 fully saturated rings. The number of nitrogens with zero attached hydrogens (tertiary/aromatic N) is 2. The van der Waals surface area contributed by atoms with Crippen molar-refractivity contribution in [3.63, 3.8) is 0 Å². The topological polar surface area (TPSA) is 92.6 Å². The molecule has 3 aromatic carbocycles. The Kier molecular flexibility index (Phi) is 5.02. The SMILES string of the molecule is Cc1ccc2c(c1)[C@@H](c1ccccc1)N(C(=O)c1cccc([N+](=O)[O-])c1)CC(=O)N2. The highest BCUT2D eigenvalue weighted by Crippen LogP contribution is 2.37. The maximum Gasteiger partial charge on any atom is 0.270 e. The number of hydrogen-bond acceptors (Lipinski definition) is 4. The Balaban J connectivity index is 1.87. The Morgan fingerprint density at radius 2 is 1.83 bits per heavy atom. The number of aryl methyl sites for hydroxylation is 1. The highest BCUT2D eigenvalue weighted by molar-refractivity contribution is 6.01. The summed E-state index contributed by atoms with van der Waals surface area (Å²) in [5, 5.41) is 14.0. The van der Waals surface area contributed by atoms with Crippen LogP contribution in [0.5, 0.6) is 0 Å². The van der Waals surface area contributed by atoms with Crippen LogP contribution in [0.15, 0.2) is 72.8 Å². The number of anilines is 1. The third-order valence-corrected chi connectivity index (χ3v) is 5.08. The van der Waals surface area contributed by atoms with Gasteiger partial charge in [-0.15, -0.1) is 0 Å². The number of carbonyl (C=O) groups is 2. The van der Waals surface area contributed by atoms with E-state index in [-0.39, 0.29) is 23.7 Å². The molecule has 0 aromatic heterocycles. The third kappa shape index (κ3) is 3.65. The van der Waals surface area contributed by atoms with E-state index in [1.807, 2.05) is 55.5 Å². The first-order chi connectivity index (χ1) is 14.4. The summed E-state index contributed by atoms with van der Waals surface area (Å²) in [6.07, 6.45) is 0. The second-order valence-electron chi connectivity index (χ2n) is 7.19. The minimum absolute atomic E-state index is 0.161. The lowest BCUT2D eigenvalue weighted by molar-refractivity contribution is -0.384. The Labute approximate surface area is 173 Å². The maximum absolute atomic E-state index is 13.5. The van der Waals surface area contributed by atoms with Crippen molar-refractivity contribution in [1.29, 1.82) is 0 Å². The fourth-order valence-electron chi connectivity index (χ4n) is 3.73. The molecule has 3 aromatic rings. The summed E-state index contributed by atoms with van der Waals surface area (Å²) in [6, 6.07) is 20.2. The van der Waals surface area contributed by atoms with Gasteiger partial charge in [0.25, 0.3) is 11.6 Å². The van der Waals surface area contributed by atoms with Crippen LogP contribution in [0.3, 0.4) is 0 Å². The summed E-state index contributed by atoms with van der Waals surface area (Å²) in [5.41, 5.74) is 3.27. The van der Waals surface area contributed by atoms with Crippen molar-refractivity contribution < 1.29 is 14.5 Å². The van der Waals surface area contributed by atoms with E-state index in [1.165, 1.54) is 29.2 Å². The molecule has 0 saturated carbocycles. The van der Waals surface area contributed by atoms with Crippen LogP contribution in [0.1, 0.15) is 33.1 Å². The molecule has 7 heteroatoms.